The van der Waals surface area contributed by atoms with E-state index in [0.717, 1.165) is 44.9 Å². The van der Waals surface area contributed by atoms with Gasteiger partial charge in [0, 0.05) is 57.6 Å². The molecule has 0 saturated carbocycles. The number of hydrogen-bond donors (Lipinski definition) is 0. The molecule has 24 heavy (non-hydrogen) atoms. The molecule has 0 radical (unpaired) electrons. The number of likely N-dealkylation sites (tertiary alicyclic amines) is 2. The van der Waals surface area contributed by atoms with Crippen LogP contribution in [0.5, 0.6) is 0 Å². The van der Waals surface area contributed by atoms with Crippen molar-refractivity contribution < 1.29 is 9.15 Å². The van der Waals surface area contributed by atoms with Gasteiger partial charge in [0.05, 0.1) is 18.9 Å². The maximum absolute atomic E-state index is 5.80. The van der Waals surface area contributed by atoms with Crippen molar-refractivity contribution in [3.8, 4) is 0 Å². The number of furan rings is 1. The third-order valence-corrected chi connectivity index (χ3v) is 5.43. The van der Waals surface area contributed by atoms with Crippen LogP contribution in [0.1, 0.15) is 17.7 Å². The zero-order chi connectivity index (χ0) is 16.4. The SMILES string of the molecule is CO[C@@H]1CCN(Cc2cccnc2)[C@@H]2CN(Cc3ccco3)C[C@@H]21. The van der Waals surface area contributed by atoms with Crippen molar-refractivity contribution in [1.29, 1.82) is 0 Å². The number of fused-ring (bicyclic) bond motifs is 1. The summed E-state index contributed by atoms with van der Waals surface area (Å²) in [5.74, 6) is 1.61. The van der Waals surface area contributed by atoms with Gasteiger partial charge in [0.2, 0.25) is 0 Å². The minimum atomic E-state index is 0.363. The van der Waals surface area contributed by atoms with Gasteiger partial charge in [-0.15, -0.1) is 0 Å². The fourth-order valence-corrected chi connectivity index (χ4v) is 4.29. The Morgan fingerprint density at radius 2 is 2.21 bits per heavy atom. The summed E-state index contributed by atoms with van der Waals surface area (Å²) in [6.07, 6.45) is 7.04. The number of pyridine rings is 1. The topological polar surface area (TPSA) is 41.7 Å². The third-order valence-electron chi connectivity index (χ3n) is 5.43. The Bertz CT molecular complexity index is 631. The second-order valence-electron chi connectivity index (χ2n) is 6.90. The Balaban J connectivity index is 1.47. The van der Waals surface area contributed by atoms with E-state index in [0.29, 0.717) is 18.1 Å². The summed E-state index contributed by atoms with van der Waals surface area (Å²) in [5, 5.41) is 0. The summed E-state index contributed by atoms with van der Waals surface area (Å²) >= 11 is 0. The van der Waals surface area contributed by atoms with Crippen molar-refractivity contribution in [3.63, 3.8) is 0 Å². The smallest absolute Gasteiger partial charge is 0.117 e. The molecule has 0 amide bonds. The molecular formula is C19H25N3O2. The average Bonchev–Trinajstić information content (AvgIpc) is 3.26. The number of piperidine rings is 1. The zero-order valence-electron chi connectivity index (χ0n) is 14.2. The van der Waals surface area contributed by atoms with Gasteiger partial charge in [-0.25, -0.2) is 0 Å². The summed E-state index contributed by atoms with van der Waals surface area (Å²) in [6.45, 7) is 5.10. The Morgan fingerprint density at radius 1 is 1.25 bits per heavy atom. The van der Waals surface area contributed by atoms with Crippen molar-refractivity contribution in [3.05, 3.63) is 54.2 Å². The first-order chi connectivity index (χ1) is 11.8. The third kappa shape index (κ3) is 3.24. The highest BCUT2D eigenvalue weighted by Gasteiger charge is 2.44. The molecule has 0 spiro atoms. The van der Waals surface area contributed by atoms with E-state index in [1.807, 2.05) is 31.6 Å². The molecule has 0 unspecified atom stereocenters. The molecule has 2 aromatic rings. The predicted octanol–water partition coefficient (Wildman–Crippen LogP) is 2.40. The van der Waals surface area contributed by atoms with E-state index in [1.165, 1.54) is 5.56 Å². The molecule has 2 aromatic heterocycles. The van der Waals surface area contributed by atoms with Crippen molar-refractivity contribution in [2.75, 3.05) is 26.7 Å². The molecule has 5 nitrogen and oxygen atoms in total. The first-order valence-corrected chi connectivity index (χ1v) is 8.74. The molecule has 2 saturated heterocycles. The maximum Gasteiger partial charge on any atom is 0.117 e. The van der Waals surface area contributed by atoms with Crippen LogP contribution in [-0.4, -0.2) is 53.7 Å². The molecule has 2 aliphatic heterocycles. The van der Waals surface area contributed by atoms with Crippen molar-refractivity contribution in [2.45, 2.75) is 31.7 Å². The molecule has 2 aliphatic rings. The Labute approximate surface area is 143 Å². The lowest BCUT2D eigenvalue weighted by Crippen LogP contribution is -2.50. The van der Waals surface area contributed by atoms with Gasteiger partial charge in [-0.3, -0.25) is 14.8 Å². The number of nitrogens with zero attached hydrogens (tertiary/aromatic N) is 3. The van der Waals surface area contributed by atoms with Gasteiger partial charge in [0.25, 0.3) is 0 Å². The molecule has 3 atom stereocenters. The molecule has 0 aromatic carbocycles. The van der Waals surface area contributed by atoms with E-state index in [-0.39, 0.29) is 0 Å². The lowest BCUT2D eigenvalue weighted by Gasteiger charge is -2.41. The van der Waals surface area contributed by atoms with E-state index in [2.05, 4.69) is 26.9 Å². The van der Waals surface area contributed by atoms with Crippen LogP contribution in [0.4, 0.5) is 0 Å². The molecule has 5 heteroatoms. The number of ether oxygens (including phenoxy) is 1. The quantitative estimate of drug-likeness (QED) is 0.843. The number of methoxy groups -OCH3 is 1. The molecule has 128 valence electrons. The number of hydrogen-bond acceptors (Lipinski definition) is 5. The van der Waals surface area contributed by atoms with Gasteiger partial charge in [-0.05, 0) is 30.2 Å². The highest BCUT2D eigenvalue weighted by molar-refractivity contribution is 5.10. The summed E-state index contributed by atoms with van der Waals surface area (Å²) in [5.41, 5.74) is 1.29. The normalized spacial score (nSPS) is 28.1. The second kappa shape index (κ2) is 7.05. The van der Waals surface area contributed by atoms with E-state index in [9.17, 15) is 0 Å². The Morgan fingerprint density at radius 3 is 2.96 bits per heavy atom. The summed E-state index contributed by atoms with van der Waals surface area (Å²) in [4.78, 5) is 9.37. The second-order valence-corrected chi connectivity index (χ2v) is 6.90. The zero-order valence-corrected chi connectivity index (χ0v) is 14.2. The van der Waals surface area contributed by atoms with E-state index in [4.69, 9.17) is 9.15 Å². The van der Waals surface area contributed by atoms with Gasteiger partial charge in [-0.1, -0.05) is 6.07 Å². The van der Waals surface area contributed by atoms with Crippen LogP contribution in [-0.2, 0) is 17.8 Å². The van der Waals surface area contributed by atoms with Gasteiger partial charge < -0.3 is 9.15 Å². The van der Waals surface area contributed by atoms with Gasteiger partial charge >= 0.3 is 0 Å². The fraction of sp³-hybridized carbons (Fsp3) is 0.526. The molecule has 4 rings (SSSR count). The number of rotatable bonds is 5. The highest BCUT2D eigenvalue weighted by atomic mass is 16.5. The highest BCUT2D eigenvalue weighted by Crippen LogP contribution is 2.34. The van der Waals surface area contributed by atoms with Crippen LogP contribution < -0.4 is 0 Å². The minimum Gasteiger partial charge on any atom is -0.468 e. The predicted molar refractivity (Wildman–Crippen MR) is 91.3 cm³/mol. The van der Waals surface area contributed by atoms with E-state index >= 15 is 0 Å². The average molecular weight is 327 g/mol. The lowest BCUT2D eigenvalue weighted by molar-refractivity contribution is -0.0245. The van der Waals surface area contributed by atoms with Gasteiger partial charge in [0.15, 0.2) is 0 Å². The Hall–Kier alpha value is -1.69. The van der Waals surface area contributed by atoms with Crippen LogP contribution >= 0.6 is 0 Å². The summed E-state index contributed by atoms with van der Waals surface area (Å²) in [7, 11) is 1.85. The molecule has 2 fully saturated rings. The lowest BCUT2D eigenvalue weighted by atomic mass is 9.88. The fourth-order valence-electron chi connectivity index (χ4n) is 4.29. The molecule has 0 bridgehead atoms. The van der Waals surface area contributed by atoms with Crippen molar-refractivity contribution >= 4 is 0 Å². The van der Waals surface area contributed by atoms with E-state index < -0.39 is 0 Å². The standard InChI is InChI=1S/C19H25N3O2/c1-23-19-6-8-22(11-15-4-2-7-20-10-15)18-14-21(13-17(18)19)12-16-5-3-9-24-16/h2-5,7,9-10,17-19H,6,8,11-14H2,1H3/t17-,18+,19+/m0/s1. The van der Waals surface area contributed by atoms with Crippen LogP contribution in [0.25, 0.3) is 0 Å². The van der Waals surface area contributed by atoms with Crippen molar-refractivity contribution in [2.24, 2.45) is 5.92 Å². The van der Waals surface area contributed by atoms with Gasteiger partial charge in [0.1, 0.15) is 5.76 Å². The summed E-state index contributed by atoms with van der Waals surface area (Å²) in [6, 6.07) is 8.75. The molecular weight excluding hydrogens is 302 g/mol. The largest absolute Gasteiger partial charge is 0.468 e. The van der Waals surface area contributed by atoms with Crippen LogP contribution in [0, 0.1) is 5.92 Å². The first-order valence-electron chi connectivity index (χ1n) is 8.74. The number of aromatic nitrogens is 1. The van der Waals surface area contributed by atoms with Crippen LogP contribution in [0.15, 0.2) is 47.3 Å². The Kier molecular flexibility index (Phi) is 4.65. The minimum absolute atomic E-state index is 0.363. The molecule has 0 N–H and O–H groups in total. The van der Waals surface area contributed by atoms with Crippen LogP contribution in [0.2, 0.25) is 0 Å². The summed E-state index contributed by atoms with van der Waals surface area (Å²) < 4.78 is 11.3. The first kappa shape index (κ1) is 15.8. The molecule has 4 heterocycles. The van der Waals surface area contributed by atoms with E-state index in [1.54, 1.807) is 6.26 Å². The molecule has 0 aliphatic carbocycles. The van der Waals surface area contributed by atoms with Gasteiger partial charge in [-0.2, -0.15) is 0 Å². The monoisotopic (exact) mass is 327 g/mol. The van der Waals surface area contributed by atoms with Crippen LogP contribution in [0.3, 0.4) is 0 Å². The maximum atomic E-state index is 5.80. The van der Waals surface area contributed by atoms with Crippen molar-refractivity contribution in [1.82, 2.24) is 14.8 Å².